The van der Waals surface area contributed by atoms with Gasteiger partial charge in [-0.15, -0.1) is 0 Å². The molecule has 0 saturated carbocycles. The van der Waals surface area contributed by atoms with Gasteiger partial charge in [0.2, 0.25) is 12.0 Å². The molecule has 1 atom stereocenters. The Bertz CT molecular complexity index is 1110. The van der Waals surface area contributed by atoms with E-state index in [2.05, 4.69) is 26.2 Å². The molecule has 6 nitrogen and oxygen atoms in total. The molecule has 1 aliphatic heterocycles. The zero-order valence-electron chi connectivity index (χ0n) is 16.4. The van der Waals surface area contributed by atoms with E-state index < -0.39 is 11.9 Å². The summed E-state index contributed by atoms with van der Waals surface area (Å²) in [5, 5.41) is 2.56. The summed E-state index contributed by atoms with van der Waals surface area (Å²) in [5.74, 6) is -0.147. The monoisotopic (exact) mass is 483 g/mol. The third-order valence-electron chi connectivity index (χ3n) is 4.83. The summed E-state index contributed by atoms with van der Waals surface area (Å²) >= 11 is 3.18. The molecular weight excluding hydrogens is 465 g/mol. The molecule has 3 aromatic rings. The number of rotatable bonds is 6. The van der Waals surface area contributed by atoms with Crippen molar-refractivity contribution in [2.45, 2.75) is 18.9 Å². The number of nitrogens with zero attached hydrogens (tertiary/aromatic N) is 2. The smallest absolute Gasteiger partial charge is 0.274 e. The van der Waals surface area contributed by atoms with E-state index in [0.717, 1.165) is 5.56 Å². The standard InChI is InChI=1S/C23H19BrFN3O3/c24-16-10-11-18(17(25)14-16)27-20(29)9-5-13-28-22-19(8-4-12-26-22)31-21(23(28)30)15-6-2-1-3-7-15/h1-4,6-8,10-12,14,21H,5,9,13H2,(H,27,29)/t21-/m1/s1. The van der Waals surface area contributed by atoms with Crippen LogP contribution in [-0.4, -0.2) is 23.3 Å². The second kappa shape index (κ2) is 9.26. The average molecular weight is 484 g/mol. The largest absolute Gasteiger partial charge is 0.472 e. The molecule has 0 saturated heterocycles. The van der Waals surface area contributed by atoms with Crippen molar-refractivity contribution in [1.82, 2.24) is 4.98 Å². The zero-order valence-corrected chi connectivity index (χ0v) is 18.0. The Labute approximate surface area is 187 Å². The highest BCUT2D eigenvalue weighted by Gasteiger charge is 2.36. The van der Waals surface area contributed by atoms with E-state index in [1.54, 1.807) is 29.3 Å². The van der Waals surface area contributed by atoms with Gasteiger partial charge in [0, 0.05) is 29.2 Å². The summed E-state index contributed by atoms with van der Waals surface area (Å²) in [6.07, 6.45) is 1.32. The van der Waals surface area contributed by atoms with E-state index >= 15 is 0 Å². The van der Waals surface area contributed by atoms with Crippen LogP contribution in [0, 0.1) is 5.82 Å². The molecule has 1 N–H and O–H groups in total. The van der Waals surface area contributed by atoms with Crippen LogP contribution in [0.4, 0.5) is 15.9 Å². The molecule has 0 aliphatic carbocycles. The molecule has 8 heteroatoms. The first-order valence-electron chi connectivity index (χ1n) is 9.76. The number of pyridine rings is 1. The number of benzene rings is 2. The third kappa shape index (κ3) is 4.74. The van der Waals surface area contributed by atoms with Gasteiger partial charge in [0.25, 0.3) is 5.91 Å². The van der Waals surface area contributed by atoms with Crippen molar-refractivity contribution in [2.24, 2.45) is 0 Å². The molecular formula is C23H19BrFN3O3. The van der Waals surface area contributed by atoms with Gasteiger partial charge in [-0.25, -0.2) is 9.37 Å². The number of hydrogen-bond donors (Lipinski definition) is 1. The summed E-state index contributed by atoms with van der Waals surface area (Å²) < 4.78 is 20.4. The lowest BCUT2D eigenvalue weighted by atomic mass is 10.1. The number of nitrogens with one attached hydrogen (secondary N) is 1. The Kier molecular flexibility index (Phi) is 6.27. The molecule has 0 bridgehead atoms. The van der Waals surface area contributed by atoms with Crippen LogP contribution >= 0.6 is 15.9 Å². The SMILES string of the molecule is O=C(CCCN1C(=O)[C@@H](c2ccccc2)Oc2cccnc21)Nc1ccc(Br)cc1F. The second-order valence-corrected chi connectivity index (χ2v) is 7.92. The minimum Gasteiger partial charge on any atom is -0.472 e. The fourth-order valence-electron chi connectivity index (χ4n) is 3.36. The summed E-state index contributed by atoms with van der Waals surface area (Å²) in [5.41, 5.74) is 0.863. The topological polar surface area (TPSA) is 71.5 Å². The van der Waals surface area contributed by atoms with Crippen molar-refractivity contribution < 1.29 is 18.7 Å². The number of hydrogen-bond acceptors (Lipinski definition) is 4. The van der Waals surface area contributed by atoms with Gasteiger partial charge < -0.3 is 10.1 Å². The molecule has 2 amide bonds. The lowest BCUT2D eigenvalue weighted by Crippen LogP contribution is -2.42. The number of halogens is 2. The number of ether oxygens (including phenoxy) is 1. The van der Waals surface area contributed by atoms with Crippen LogP contribution in [0.3, 0.4) is 0 Å². The lowest BCUT2D eigenvalue weighted by molar-refractivity contribution is -0.127. The van der Waals surface area contributed by atoms with Gasteiger partial charge in [-0.3, -0.25) is 14.5 Å². The Morgan fingerprint density at radius 2 is 1.97 bits per heavy atom. The van der Waals surface area contributed by atoms with Crippen molar-refractivity contribution in [3.05, 3.63) is 82.7 Å². The number of carbonyl (C=O) groups excluding carboxylic acids is 2. The van der Waals surface area contributed by atoms with Crippen molar-refractivity contribution >= 4 is 39.2 Å². The lowest BCUT2D eigenvalue weighted by Gasteiger charge is -2.33. The van der Waals surface area contributed by atoms with Crippen LogP contribution in [0.2, 0.25) is 0 Å². The normalized spacial score (nSPS) is 15.2. The van der Waals surface area contributed by atoms with E-state index in [1.165, 1.54) is 12.1 Å². The number of fused-ring (bicyclic) bond motifs is 1. The minimum atomic E-state index is -0.774. The molecule has 0 spiro atoms. The number of anilines is 2. The predicted molar refractivity (Wildman–Crippen MR) is 118 cm³/mol. The van der Waals surface area contributed by atoms with Gasteiger partial charge in [0.05, 0.1) is 5.69 Å². The van der Waals surface area contributed by atoms with E-state index in [4.69, 9.17) is 4.74 Å². The summed E-state index contributed by atoms with van der Waals surface area (Å²) in [6.45, 7) is 0.284. The van der Waals surface area contributed by atoms with Crippen LogP contribution in [0.5, 0.6) is 5.75 Å². The maximum Gasteiger partial charge on any atom is 0.274 e. The Balaban J connectivity index is 1.44. The average Bonchev–Trinajstić information content (AvgIpc) is 2.77. The van der Waals surface area contributed by atoms with Gasteiger partial charge >= 0.3 is 0 Å². The fraction of sp³-hybridized carbons (Fsp3) is 0.174. The van der Waals surface area contributed by atoms with Crippen molar-refractivity contribution in [1.29, 1.82) is 0 Å². The molecule has 0 radical (unpaired) electrons. The highest BCUT2D eigenvalue weighted by Crippen LogP contribution is 2.37. The molecule has 0 unspecified atom stereocenters. The van der Waals surface area contributed by atoms with Crippen LogP contribution < -0.4 is 15.0 Å². The van der Waals surface area contributed by atoms with Crippen LogP contribution in [0.25, 0.3) is 0 Å². The van der Waals surface area contributed by atoms with Crippen LogP contribution in [-0.2, 0) is 9.59 Å². The molecule has 31 heavy (non-hydrogen) atoms. The third-order valence-corrected chi connectivity index (χ3v) is 5.33. The van der Waals surface area contributed by atoms with Gasteiger partial charge in [0.1, 0.15) is 5.82 Å². The second-order valence-electron chi connectivity index (χ2n) is 7.00. The summed E-state index contributed by atoms with van der Waals surface area (Å²) in [7, 11) is 0. The summed E-state index contributed by atoms with van der Waals surface area (Å²) in [6, 6.07) is 17.2. The first-order chi connectivity index (χ1) is 15.0. The molecule has 2 aromatic carbocycles. The van der Waals surface area contributed by atoms with Gasteiger partial charge in [0.15, 0.2) is 11.6 Å². The predicted octanol–water partition coefficient (Wildman–Crippen LogP) is 4.87. The molecule has 1 aliphatic rings. The maximum absolute atomic E-state index is 13.9. The first-order valence-corrected chi connectivity index (χ1v) is 10.5. The summed E-state index contributed by atoms with van der Waals surface area (Å²) in [4.78, 5) is 31.2. The van der Waals surface area contributed by atoms with E-state index in [9.17, 15) is 14.0 Å². The highest BCUT2D eigenvalue weighted by molar-refractivity contribution is 9.10. The Morgan fingerprint density at radius 1 is 1.16 bits per heavy atom. The maximum atomic E-state index is 13.9. The molecule has 2 heterocycles. The van der Waals surface area contributed by atoms with Gasteiger partial charge in [-0.2, -0.15) is 0 Å². The van der Waals surface area contributed by atoms with E-state index in [1.807, 2.05) is 30.3 Å². The van der Waals surface area contributed by atoms with E-state index in [-0.39, 0.29) is 30.5 Å². The number of aromatic nitrogens is 1. The molecule has 158 valence electrons. The Hall–Kier alpha value is -3.26. The van der Waals surface area contributed by atoms with Crippen LogP contribution in [0.15, 0.2) is 71.3 Å². The van der Waals surface area contributed by atoms with Gasteiger partial charge in [-0.1, -0.05) is 46.3 Å². The molecule has 0 fully saturated rings. The molecule has 4 rings (SSSR count). The van der Waals surface area contributed by atoms with Crippen molar-refractivity contribution in [2.75, 3.05) is 16.8 Å². The fourth-order valence-corrected chi connectivity index (χ4v) is 3.69. The quantitative estimate of drug-likeness (QED) is 0.542. The van der Waals surface area contributed by atoms with Crippen molar-refractivity contribution in [3.8, 4) is 5.75 Å². The number of carbonyl (C=O) groups is 2. The first kappa shape index (κ1) is 21.0. The van der Waals surface area contributed by atoms with Crippen molar-refractivity contribution in [3.63, 3.8) is 0 Å². The van der Waals surface area contributed by atoms with E-state index in [0.29, 0.717) is 22.5 Å². The highest BCUT2D eigenvalue weighted by atomic mass is 79.9. The Morgan fingerprint density at radius 3 is 2.74 bits per heavy atom. The zero-order chi connectivity index (χ0) is 21.8. The minimum absolute atomic E-state index is 0.117. The molecule has 1 aromatic heterocycles. The van der Waals surface area contributed by atoms with Crippen LogP contribution in [0.1, 0.15) is 24.5 Å². The number of amides is 2. The van der Waals surface area contributed by atoms with Gasteiger partial charge in [-0.05, 0) is 36.8 Å².